The molecular formula is C20H29FN6O2S. The number of rotatable bonds is 8. The summed E-state index contributed by atoms with van der Waals surface area (Å²) in [6.07, 6.45) is 0.0970. The van der Waals surface area contributed by atoms with Crippen molar-refractivity contribution in [3.8, 4) is 5.75 Å². The van der Waals surface area contributed by atoms with Gasteiger partial charge in [0.15, 0.2) is 5.96 Å². The molecule has 0 saturated carbocycles. The largest absolute Gasteiger partial charge is 0.491 e. The quantitative estimate of drug-likeness (QED) is 0.482. The van der Waals surface area contributed by atoms with Gasteiger partial charge in [0, 0.05) is 50.7 Å². The fourth-order valence-electron chi connectivity index (χ4n) is 3.02. The van der Waals surface area contributed by atoms with Crippen LogP contribution in [0.4, 0.5) is 9.52 Å². The highest BCUT2D eigenvalue weighted by Gasteiger charge is 2.22. The molecule has 0 radical (unpaired) electrons. The van der Waals surface area contributed by atoms with Crippen molar-refractivity contribution in [3.63, 3.8) is 0 Å². The van der Waals surface area contributed by atoms with E-state index in [2.05, 4.69) is 36.4 Å². The third-order valence-corrected chi connectivity index (χ3v) is 5.48. The molecule has 1 atom stereocenters. The zero-order valence-corrected chi connectivity index (χ0v) is 18.2. The predicted molar refractivity (Wildman–Crippen MR) is 117 cm³/mol. The molecule has 30 heavy (non-hydrogen) atoms. The molecular weight excluding hydrogens is 407 g/mol. The van der Waals surface area contributed by atoms with Crippen molar-refractivity contribution < 1.29 is 14.2 Å². The summed E-state index contributed by atoms with van der Waals surface area (Å²) in [5, 5.41) is 14.5. The van der Waals surface area contributed by atoms with Crippen LogP contribution in [0.2, 0.25) is 0 Å². The topological polar surface area (TPSA) is 86.1 Å². The van der Waals surface area contributed by atoms with Crippen molar-refractivity contribution in [2.24, 2.45) is 4.99 Å². The van der Waals surface area contributed by atoms with Crippen LogP contribution in [0.1, 0.15) is 19.7 Å². The van der Waals surface area contributed by atoms with E-state index in [1.54, 1.807) is 0 Å². The highest BCUT2D eigenvalue weighted by atomic mass is 32.1. The van der Waals surface area contributed by atoms with Crippen LogP contribution in [-0.4, -0.2) is 77.3 Å². The fraction of sp³-hybridized carbons (Fsp3) is 0.550. The minimum absolute atomic E-state index is 0.0964. The summed E-state index contributed by atoms with van der Waals surface area (Å²) in [6, 6.07) is 5.73. The summed E-state index contributed by atoms with van der Waals surface area (Å²) in [5.74, 6) is 1.87. The zero-order chi connectivity index (χ0) is 21.3. The molecule has 0 bridgehead atoms. The van der Waals surface area contributed by atoms with E-state index >= 15 is 0 Å². The number of hydrogen-bond donors (Lipinski definition) is 2. The molecule has 1 aliphatic rings. The van der Waals surface area contributed by atoms with Gasteiger partial charge in [-0.1, -0.05) is 6.92 Å². The number of guanidine groups is 1. The first-order valence-electron chi connectivity index (χ1n) is 10.3. The minimum Gasteiger partial charge on any atom is -0.491 e. The van der Waals surface area contributed by atoms with E-state index in [-0.39, 0.29) is 19.0 Å². The van der Waals surface area contributed by atoms with Gasteiger partial charge in [0.2, 0.25) is 5.13 Å². The number of halogens is 1. The molecule has 1 aromatic carbocycles. The van der Waals surface area contributed by atoms with E-state index in [4.69, 9.17) is 4.74 Å². The van der Waals surface area contributed by atoms with Crippen molar-refractivity contribution in [1.82, 2.24) is 19.6 Å². The maximum atomic E-state index is 12.9. The van der Waals surface area contributed by atoms with Gasteiger partial charge >= 0.3 is 0 Å². The Kier molecular flexibility index (Phi) is 8.21. The number of aliphatic imine (C=N–C) groups is 1. The summed E-state index contributed by atoms with van der Waals surface area (Å²) in [6.45, 7) is 8.47. The average molecular weight is 437 g/mol. The average Bonchev–Trinajstić information content (AvgIpc) is 3.26. The molecule has 1 saturated heterocycles. The number of benzene rings is 1. The van der Waals surface area contributed by atoms with E-state index in [1.165, 1.54) is 35.8 Å². The van der Waals surface area contributed by atoms with Crippen LogP contribution in [0.5, 0.6) is 5.75 Å². The second kappa shape index (κ2) is 11.1. The highest BCUT2D eigenvalue weighted by Crippen LogP contribution is 2.19. The molecule has 1 aliphatic heterocycles. The number of aliphatic hydroxyl groups excluding tert-OH is 1. The van der Waals surface area contributed by atoms with Crippen molar-refractivity contribution in [2.45, 2.75) is 26.4 Å². The first kappa shape index (κ1) is 22.2. The predicted octanol–water partition coefficient (Wildman–Crippen LogP) is 1.77. The molecule has 0 amide bonds. The Bertz CT molecular complexity index is 808. The second-order valence-electron chi connectivity index (χ2n) is 6.93. The Morgan fingerprint density at radius 3 is 2.63 bits per heavy atom. The van der Waals surface area contributed by atoms with E-state index < -0.39 is 6.10 Å². The zero-order valence-electron chi connectivity index (χ0n) is 17.4. The number of aromatic nitrogens is 2. The molecule has 164 valence electrons. The Hall–Kier alpha value is -2.46. The number of hydrogen-bond acceptors (Lipinski definition) is 7. The monoisotopic (exact) mass is 436 g/mol. The first-order chi connectivity index (χ1) is 14.6. The second-order valence-corrected chi connectivity index (χ2v) is 7.66. The summed E-state index contributed by atoms with van der Waals surface area (Å²) in [5.41, 5.74) is 0. The minimum atomic E-state index is -0.751. The van der Waals surface area contributed by atoms with Gasteiger partial charge in [-0.3, -0.25) is 4.99 Å². The number of nitrogens with zero attached hydrogens (tertiary/aromatic N) is 5. The van der Waals surface area contributed by atoms with Gasteiger partial charge in [-0.05, 0) is 31.2 Å². The van der Waals surface area contributed by atoms with Gasteiger partial charge in [0.25, 0.3) is 0 Å². The molecule has 10 heteroatoms. The molecule has 8 nitrogen and oxygen atoms in total. The van der Waals surface area contributed by atoms with Crippen LogP contribution in [0, 0.1) is 5.82 Å². The van der Waals surface area contributed by atoms with Crippen molar-refractivity contribution in [1.29, 1.82) is 0 Å². The summed E-state index contributed by atoms with van der Waals surface area (Å²) in [7, 11) is 0. The van der Waals surface area contributed by atoms with E-state index in [1.807, 2.05) is 6.92 Å². The Morgan fingerprint density at radius 1 is 1.27 bits per heavy atom. The molecule has 2 N–H and O–H groups in total. The van der Waals surface area contributed by atoms with Crippen LogP contribution in [-0.2, 0) is 6.42 Å². The number of piperazine rings is 1. The van der Waals surface area contributed by atoms with Crippen molar-refractivity contribution in [3.05, 3.63) is 35.9 Å². The lowest BCUT2D eigenvalue weighted by molar-refractivity contribution is 0.114. The van der Waals surface area contributed by atoms with Gasteiger partial charge in [-0.25, -0.2) is 9.37 Å². The van der Waals surface area contributed by atoms with Crippen molar-refractivity contribution in [2.75, 3.05) is 50.8 Å². The summed E-state index contributed by atoms with van der Waals surface area (Å²) >= 11 is 1.45. The molecule has 0 spiro atoms. The Morgan fingerprint density at radius 2 is 2.00 bits per heavy atom. The van der Waals surface area contributed by atoms with Crippen LogP contribution in [0.25, 0.3) is 0 Å². The number of aryl methyl sites for hydroxylation is 1. The van der Waals surface area contributed by atoms with Crippen molar-refractivity contribution >= 4 is 22.6 Å². The van der Waals surface area contributed by atoms with Gasteiger partial charge in [-0.15, -0.1) is 0 Å². The molecule has 1 fully saturated rings. The van der Waals surface area contributed by atoms with Gasteiger partial charge in [-0.2, -0.15) is 4.37 Å². The van der Waals surface area contributed by atoms with E-state index in [0.29, 0.717) is 5.75 Å². The van der Waals surface area contributed by atoms with Gasteiger partial charge in [0.05, 0.1) is 6.54 Å². The van der Waals surface area contributed by atoms with Gasteiger partial charge in [0.1, 0.15) is 30.1 Å². The van der Waals surface area contributed by atoms with E-state index in [0.717, 1.165) is 56.1 Å². The lowest BCUT2D eigenvalue weighted by atomic mass is 10.3. The van der Waals surface area contributed by atoms with Crippen LogP contribution < -0.4 is 15.0 Å². The third-order valence-electron chi connectivity index (χ3n) is 4.67. The van der Waals surface area contributed by atoms with Crippen LogP contribution in [0.15, 0.2) is 29.3 Å². The molecule has 3 rings (SSSR count). The Labute approximate surface area is 180 Å². The molecule has 2 aromatic rings. The normalized spacial score (nSPS) is 15.9. The van der Waals surface area contributed by atoms with Crippen LogP contribution in [0.3, 0.4) is 0 Å². The first-order valence-corrected chi connectivity index (χ1v) is 11.0. The standard InChI is InChI=1S/C20H29FN6O2S/c1-3-18-24-20(30-25-18)27-11-9-26(10-12-27)19(22-4-2)23-13-16(28)14-29-17-7-5-15(21)6-8-17/h5-8,16,28H,3-4,9-14H2,1-2H3,(H,22,23). The summed E-state index contributed by atoms with van der Waals surface area (Å²) < 4.78 is 22.8. The summed E-state index contributed by atoms with van der Waals surface area (Å²) in [4.78, 5) is 13.6. The number of nitrogens with one attached hydrogen (secondary N) is 1. The third kappa shape index (κ3) is 6.27. The fourth-order valence-corrected chi connectivity index (χ4v) is 3.82. The smallest absolute Gasteiger partial charge is 0.205 e. The molecule has 0 aliphatic carbocycles. The maximum Gasteiger partial charge on any atom is 0.205 e. The number of ether oxygens (including phenoxy) is 1. The number of anilines is 1. The van der Waals surface area contributed by atoms with Gasteiger partial charge < -0.3 is 25.0 Å². The molecule has 1 aromatic heterocycles. The van der Waals surface area contributed by atoms with Crippen LogP contribution >= 0.6 is 11.5 Å². The highest BCUT2D eigenvalue weighted by molar-refractivity contribution is 7.09. The van der Waals surface area contributed by atoms with E-state index in [9.17, 15) is 9.50 Å². The molecule has 2 heterocycles. The lowest BCUT2D eigenvalue weighted by Gasteiger charge is -2.36. The molecule has 1 unspecified atom stereocenters. The lowest BCUT2D eigenvalue weighted by Crippen LogP contribution is -2.52. The number of aliphatic hydroxyl groups is 1. The maximum absolute atomic E-state index is 12.9. The Balaban J connectivity index is 1.49. The SMILES string of the molecule is CCNC(=NCC(O)COc1ccc(F)cc1)N1CCN(c2nc(CC)ns2)CC1.